The molecule has 1 aromatic heterocycles. The fourth-order valence-electron chi connectivity index (χ4n) is 2.29. The second-order valence-electron chi connectivity index (χ2n) is 5.39. The van der Waals surface area contributed by atoms with Crippen LogP contribution in [-0.2, 0) is 16.1 Å². The van der Waals surface area contributed by atoms with Crippen LogP contribution >= 0.6 is 0 Å². The third kappa shape index (κ3) is 3.83. The lowest BCUT2D eigenvalue weighted by atomic mass is 9.94. The first-order chi connectivity index (χ1) is 10.8. The van der Waals surface area contributed by atoms with E-state index in [2.05, 4.69) is 10.3 Å². The molecule has 2 rings (SSSR count). The molecule has 1 aliphatic heterocycles. The van der Waals surface area contributed by atoms with Crippen molar-refractivity contribution in [3.63, 3.8) is 0 Å². The lowest BCUT2D eigenvalue weighted by Gasteiger charge is -2.39. The Hall–Kier alpha value is -1.63. The van der Waals surface area contributed by atoms with Gasteiger partial charge < -0.3 is 36.0 Å². The molecule has 1 aromatic rings. The highest BCUT2D eigenvalue weighted by molar-refractivity contribution is 5.72. The molecule has 0 unspecified atom stereocenters. The fourth-order valence-corrected chi connectivity index (χ4v) is 2.29. The van der Waals surface area contributed by atoms with Gasteiger partial charge in [0.1, 0.15) is 42.3 Å². The number of nitrogens with zero attached hydrogens (tertiary/aromatic N) is 3. The van der Waals surface area contributed by atoms with Gasteiger partial charge >= 0.3 is 5.97 Å². The molecule has 1 aliphatic rings. The second kappa shape index (κ2) is 7.29. The third-order valence-corrected chi connectivity index (χ3v) is 3.73. The number of hydrogen-bond acceptors (Lipinski definition) is 9. The summed E-state index contributed by atoms with van der Waals surface area (Å²) in [6.45, 7) is -0.346. The summed E-state index contributed by atoms with van der Waals surface area (Å²) in [5, 5.41) is 54.9. The molecule has 7 N–H and O–H groups in total. The van der Waals surface area contributed by atoms with E-state index in [1.165, 1.54) is 10.9 Å². The van der Waals surface area contributed by atoms with Crippen molar-refractivity contribution in [3.05, 3.63) is 11.9 Å². The van der Waals surface area contributed by atoms with Crippen molar-refractivity contribution in [2.75, 3.05) is 6.61 Å². The molecular formula is C12H20N4O7. The van der Waals surface area contributed by atoms with E-state index in [9.17, 15) is 20.1 Å². The van der Waals surface area contributed by atoms with E-state index in [-0.39, 0.29) is 18.7 Å². The molecule has 130 valence electrons. The molecule has 0 aromatic carbocycles. The summed E-state index contributed by atoms with van der Waals surface area (Å²) in [5.74, 6) is -1.13. The predicted octanol–water partition coefficient (Wildman–Crippen LogP) is -3.40. The molecule has 0 spiro atoms. The average molecular weight is 332 g/mol. The second-order valence-corrected chi connectivity index (χ2v) is 5.39. The number of rotatable bonds is 6. The summed E-state index contributed by atoms with van der Waals surface area (Å²) in [6, 6.07) is -1.03. The van der Waals surface area contributed by atoms with E-state index >= 15 is 0 Å². The minimum Gasteiger partial charge on any atom is -0.480 e. The highest BCUT2D eigenvalue weighted by atomic mass is 16.5. The smallest absolute Gasteiger partial charge is 0.320 e. The number of aromatic nitrogens is 3. The number of carboxylic acids is 1. The predicted molar refractivity (Wildman–Crippen MR) is 73.0 cm³/mol. The van der Waals surface area contributed by atoms with Gasteiger partial charge in [0.25, 0.3) is 0 Å². The molecule has 0 amide bonds. The van der Waals surface area contributed by atoms with Gasteiger partial charge in [-0.1, -0.05) is 5.21 Å². The third-order valence-electron chi connectivity index (χ3n) is 3.73. The zero-order chi connectivity index (χ0) is 17.1. The van der Waals surface area contributed by atoms with Gasteiger partial charge in [-0.2, -0.15) is 0 Å². The molecular weight excluding hydrogens is 312 g/mol. The number of aliphatic carboxylic acids is 1. The van der Waals surface area contributed by atoms with Gasteiger partial charge in [0.2, 0.25) is 0 Å². The van der Waals surface area contributed by atoms with Gasteiger partial charge in [-0.25, -0.2) is 0 Å². The van der Waals surface area contributed by atoms with Crippen LogP contribution in [0, 0.1) is 0 Å². The first kappa shape index (κ1) is 17.7. The number of carbonyl (C=O) groups is 1. The molecule has 2 heterocycles. The topological polar surface area (TPSA) is 184 Å². The monoisotopic (exact) mass is 332 g/mol. The first-order valence-electron chi connectivity index (χ1n) is 7.04. The van der Waals surface area contributed by atoms with Crippen LogP contribution in [0.4, 0.5) is 0 Å². The summed E-state index contributed by atoms with van der Waals surface area (Å²) in [6.07, 6.45) is -4.96. The van der Waals surface area contributed by atoms with Crippen molar-refractivity contribution in [1.82, 2.24) is 15.0 Å². The van der Waals surface area contributed by atoms with Crippen LogP contribution in [-0.4, -0.2) is 83.6 Å². The van der Waals surface area contributed by atoms with Crippen molar-refractivity contribution < 1.29 is 35.1 Å². The summed E-state index contributed by atoms with van der Waals surface area (Å²) in [4.78, 5) is 10.7. The molecule has 1 fully saturated rings. The Morgan fingerprint density at radius 1 is 1.35 bits per heavy atom. The zero-order valence-electron chi connectivity index (χ0n) is 12.1. The highest BCUT2D eigenvalue weighted by Crippen LogP contribution is 2.31. The molecule has 11 nitrogen and oxygen atoms in total. The van der Waals surface area contributed by atoms with Crippen LogP contribution in [0.1, 0.15) is 18.2 Å². The molecule has 11 heteroatoms. The number of carboxylic acid groups (broad SMARTS) is 1. The van der Waals surface area contributed by atoms with Gasteiger partial charge in [-0.05, 0) is 6.42 Å². The van der Waals surface area contributed by atoms with Crippen molar-refractivity contribution >= 4 is 5.97 Å². The molecule has 0 saturated carbocycles. The lowest BCUT2D eigenvalue weighted by Crippen LogP contribution is -2.55. The standard InChI is InChI=1S/C12H20N4O7/c13-5(12(21)22)1-2-16-3-6(14-15-16)11-10(20)9(19)8(18)7(4-17)23-11/h3,5,7-11,17-20H,1-2,4,13H2,(H,21,22)/t5-,7+,8-,9-,10+,11-/m0/s1. The molecule has 0 aliphatic carbocycles. The van der Waals surface area contributed by atoms with Crippen molar-refractivity contribution in [2.24, 2.45) is 5.73 Å². The minimum absolute atomic E-state index is 0.132. The molecule has 6 atom stereocenters. The number of nitrogens with two attached hydrogens (primary N) is 1. The maximum Gasteiger partial charge on any atom is 0.320 e. The normalized spacial score (nSPS) is 32.7. The van der Waals surface area contributed by atoms with Crippen LogP contribution in [0.2, 0.25) is 0 Å². The number of aliphatic hydroxyl groups excluding tert-OH is 4. The van der Waals surface area contributed by atoms with E-state index in [0.717, 1.165) is 0 Å². The Balaban J connectivity index is 2.05. The molecule has 1 saturated heterocycles. The SMILES string of the molecule is N[C@@H](CCn1cc([C@@H]2O[C@H](CO)[C@H](O)[C@H](O)[C@H]2O)nn1)C(=O)O. The van der Waals surface area contributed by atoms with Gasteiger partial charge in [0, 0.05) is 6.54 Å². The van der Waals surface area contributed by atoms with Crippen LogP contribution in [0.25, 0.3) is 0 Å². The van der Waals surface area contributed by atoms with Crippen molar-refractivity contribution in [2.45, 2.75) is 49.5 Å². The summed E-state index contributed by atoms with van der Waals surface area (Å²) in [7, 11) is 0. The zero-order valence-corrected chi connectivity index (χ0v) is 12.1. The number of aliphatic hydroxyl groups is 4. The molecule has 23 heavy (non-hydrogen) atoms. The Bertz CT molecular complexity index is 537. The van der Waals surface area contributed by atoms with E-state index in [4.69, 9.17) is 20.7 Å². The maximum atomic E-state index is 10.7. The van der Waals surface area contributed by atoms with Crippen LogP contribution < -0.4 is 5.73 Å². The largest absolute Gasteiger partial charge is 0.480 e. The number of hydrogen-bond donors (Lipinski definition) is 6. The minimum atomic E-state index is -1.50. The molecule has 0 bridgehead atoms. The highest BCUT2D eigenvalue weighted by Gasteiger charge is 2.45. The lowest BCUT2D eigenvalue weighted by molar-refractivity contribution is -0.232. The van der Waals surface area contributed by atoms with E-state index in [1.54, 1.807) is 0 Å². The Kier molecular flexibility index (Phi) is 5.62. The van der Waals surface area contributed by atoms with Crippen LogP contribution in [0.5, 0.6) is 0 Å². The summed E-state index contributed by atoms with van der Waals surface area (Å²) in [5.41, 5.74) is 5.58. The van der Waals surface area contributed by atoms with Gasteiger partial charge in [-0.15, -0.1) is 5.10 Å². The van der Waals surface area contributed by atoms with Gasteiger partial charge in [0.15, 0.2) is 0 Å². The Morgan fingerprint density at radius 2 is 2.04 bits per heavy atom. The fraction of sp³-hybridized carbons (Fsp3) is 0.750. The van der Waals surface area contributed by atoms with E-state index < -0.39 is 49.1 Å². The quantitative estimate of drug-likeness (QED) is 0.307. The van der Waals surface area contributed by atoms with Crippen molar-refractivity contribution in [3.8, 4) is 0 Å². The van der Waals surface area contributed by atoms with Gasteiger partial charge in [-0.3, -0.25) is 9.48 Å². The Labute approximate surface area is 130 Å². The van der Waals surface area contributed by atoms with Gasteiger partial charge in [0.05, 0.1) is 12.8 Å². The number of aryl methyl sites for hydroxylation is 1. The van der Waals surface area contributed by atoms with Crippen LogP contribution in [0.15, 0.2) is 6.20 Å². The van der Waals surface area contributed by atoms with Crippen molar-refractivity contribution in [1.29, 1.82) is 0 Å². The summed E-state index contributed by atoms with van der Waals surface area (Å²) < 4.78 is 6.68. The van der Waals surface area contributed by atoms with Crippen LogP contribution in [0.3, 0.4) is 0 Å². The maximum absolute atomic E-state index is 10.7. The van der Waals surface area contributed by atoms with E-state index in [1.807, 2.05) is 0 Å². The molecule has 0 radical (unpaired) electrons. The van der Waals surface area contributed by atoms with E-state index in [0.29, 0.717) is 0 Å². The number of ether oxygens (including phenoxy) is 1. The Morgan fingerprint density at radius 3 is 2.65 bits per heavy atom. The first-order valence-corrected chi connectivity index (χ1v) is 7.04. The summed E-state index contributed by atoms with van der Waals surface area (Å²) >= 11 is 0. The average Bonchev–Trinajstić information content (AvgIpc) is 2.99.